The van der Waals surface area contributed by atoms with E-state index in [0.717, 1.165) is 6.07 Å². The Morgan fingerprint density at radius 2 is 2.00 bits per heavy atom. The second kappa shape index (κ2) is 4.81. The molecular weight excluding hydrogens is 271 g/mol. The molecule has 1 aromatic carbocycles. The van der Waals surface area contributed by atoms with E-state index in [1.807, 2.05) is 0 Å². The first-order chi connectivity index (χ1) is 6.95. The zero-order valence-corrected chi connectivity index (χ0v) is 9.27. The molecule has 0 amide bonds. The van der Waals surface area contributed by atoms with Crippen molar-refractivity contribution in [3.63, 3.8) is 0 Å². The second-order valence-corrected chi connectivity index (χ2v) is 3.73. The third kappa shape index (κ3) is 3.35. The number of nitrogens with two attached hydrogens (primary N) is 1. The molecule has 15 heavy (non-hydrogen) atoms. The van der Waals surface area contributed by atoms with Gasteiger partial charge in [0.05, 0.1) is 5.56 Å². The summed E-state index contributed by atoms with van der Waals surface area (Å²) in [6, 6.07) is 4.04. The van der Waals surface area contributed by atoms with Gasteiger partial charge in [0.15, 0.2) is 0 Å². The van der Waals surface area contributed by atoms with E-state index in [1.165, 1.54) is 6.07 Å². The van der Waals surface area contributed by atoms with Crippen LogP contribution in [0.3, 0.4) is 0 Å². The van der Waals surface area contributed by atoms with Gasteiger partial charge in [0.2, 0.25) is 0 Å². The van der Waals surface area contributed by atoms with Gasteiger partial charge in [-0.2, -0.15) is 13.2 Å². The molecule has 0 aliphatic carbocycles. The maximum absolute atomic E-state index is 12.5. The van der Waals surface area contributed by atoms with Crippen LogP contribution in [0.2, 0.25) is 0 Å². The van der Waals surface area contributed by atoms with Crippen LogP contribution < -0.4 is 5.73 Å². The van der Waals surface area contributed by atoms with Crippen LogP contribution in [0.15, 0.2) is 28.7 Å². The van der Waals surface area contributed by atoms with E-state index in [4.69, 9.17) is 5.73 Å². The van der Waals surface area contributed by atoms with E-state index < -0.39 is 11.7 Å². The molecule has 0 atom stereocenters. The molecule has 0 aliphatic heterocycles. The lowest BCUT2D eigenvalue weighted by Crippen LogP contribution is -2.06. The van der Waals surface area contributed by atoms with Crippen LogP contribution in [0.5, 0.6) is 0 Å². The van der Waals surface area contributed by atoms with E-state index in [1.54, 1.807) is 18.2 Å². The SMILES string of the molecule is NCC=Cc1ccc(Br)c(C(F)(F)F)c1. The summed E-state index contributed by atoms with van der Waals surface area (Å²) >= 11 is 2.87. The first kappa shape index (κ1) is 12.3. The summed E-state index contributed by atoms with van der Waals surface area (Å²) in [6.07, 6.45) is -1.18. The maximum atomic E-state index is 12.5. The predicted octanol–water partition coefficient (Wildman–Crippen LogP) is 3.44. The molecule has 1 aromatic rings. The summed E-state index contributed by atoms with van der Waals surface area (Å²) in [5.74, 6) is 0. The molecule has 1 nitrogen and oxygen atoms in total. The van der Waals surface area contributed by atoms with Crippen LogP contribution >= 0.6 is 15.9 Å². The van der Waals surface area contributed by atoms with Gasteiger partial charge >= 0.3 is 6.18 Å². The maximum Gasteiger partial charge on any atom is 0.417 e. The lowest BCUT2D eigenvalue weighted by atomic mass is 10.1. The Hall–Kier alpha value is -0.810. The summed E-state index contributed by atoms with van der Waals surface area (Å²) in [5, 5.41) is 0. The van der Waals surface area contributed by atoms with Crippen LogP contribution in [-0.4, -0.2) is 6.54 Å². The van der Waals surface area contributed by atoms with E-state index >= 15 is 0 Å². The molecular formula is C10H9BrF3N. The first-order valence-corrected chi connectivity index (χ1v) is 4.98. The molecule has 0 bridgehead atoms. The van der Waals surface area contributed by atoms with Gasteiger partial charge in [-0.15, -0.1) is 0 Å². The highest BCUT2D eigenvalue weighted by Gasteiger charge is 2.32. The second-order valence-electron chi connectivity index (χ2n) is 2.88. The number of halogens is 4. The number of hydrogen-bond acceptors (Lipinski definition) is 1. The quantitative estimate of drug-likeness (QED) is 0.882. The molecule has 0 aromatic heterocycles. The molecule has 0 fully saturated rings. The smallest absolute Gasteiger partial charge is 0.327 e. The van der Waals surface area contributed by atoms with Crippen molar-refractivity contribution in [2.75, 3.05) is 6.54 Å². The summed E-state index contributed by atoms with van der Waals surface area (Å²) in [4.78, 5) is 0. The highest BCUT2D eigenvalue weighted by molar-refractivity contribution is 9.10. The third-order valence-corrected chi connectivity index (χ3v) is 2.43. The van der Waals surface area contributed by atoms with Gasteiger partial charge in [0.1, 0.15) is 0 Å². The molecule has 0 spiro atoms. The van der Waals surface area contributed by atoms with Crippen LogP contribution in [0, 0.1) is 0 Å². The van der Waals surface area contributed by atoms with Crippen LogP contribution in [0.25, 0.3) is 6.08 Å². The fourth-order valence-corrected chi connectivity index (χ4v) is 1.54. The summed E-state index contributed by atoms with van der Waals surface area (Å²) in [6.45, 7) is 0.303. The Bertz CT molecular complexity index is 371. The molecule has 1 rings (SSSR count). The fourth-order valence-electron chi connectivity index (χ4n) is 1.07. The Labute approximate surface area is 93.9 Å². The van der Waals surface area contributed by atoms with Crippen molar-refractivity contribution in [1.29, 1.82) is 0 Å². The summed E-state index contributed by atoms with van der Waals surface area (Å²) in [7, 11) is 0. The van der Waals surface area contributed by atoms with Crippen molar-refractivity contribution in [3.8, 4) is 0 Å². The zero-order chi connectivity index (χ0) is 11.5. The lowest BCUT2D eigenvalue weighted by molar-refractivity contribution is -0.138. The Morgan fingerprint density at radius 1 is 1.33 bits per heavy atom. The molecule has 82 valence electrons. The van der Waals surface area contributed by atoms with Crippen molar-refractivity contribution in [2.45, 2.75) is 6.18 Å². The van der Waals surface area contributed by atoms with Crippen LogP contribution in [-0.2, 0) is 6.18 Å². The molecule has 5 heteroatoms. The number of benzene rings is 1. The predicted molar refractivity (Wildman–Crippen MR) is 57.2 cm³/mol. The van der Waals surface area contributed by atoms with Gasteiger partial charge in [-0.3, -0.25) is 0 Å². The third-order valence-electron chi connectivity index (χ3n) is 1.74. The molecule has 0 saturated carbocycles. The zero-order valence-electron chi connectivity index (χ0n) is 7.68. The minimum Gasteiger partial charge on any atom is -0.327 e. The largest absolute Gasteiger partial charge is 0.417 e. The Balaban J connectivity index is 3.11. The molecule has 0 aliphatic rings. The van der Waals surface area contributed by atoms with Gasteiger partial charge in [-0.1, -0.05) is 34.1 Å². The van der Waals surface area contributed by atoms with Crippen LogP contribution in [0.4, 0.5) is 13.2 Å². The van der Waals surface area contributed by atoms with Crippen molar-refractivity contribution in [2.24, 2.45) is 5.73 Å². The van der Waals surface area contributed by atoms with E-state index in [-0.39, 0.29) is 4.47 Å². The number of hydrogen-bond donors (Lipinski definition) is 1. The average molecular weight is 280 g/mol. The van der Waals surface area contributed by atoms with Gasteiger partial charge in [0, 0.05) is 11.0 Å². The molecule has 0 unspecified atom stereocenters. The lowest BCUT2D eigenvalue weighted by Gasteiger charge is -2.09. The summed E-state index contributed by atoms with van der Waals surface area (Å²) < 4.78 is 37.5. The Morgan fingerprint density at radius 3 is 2.53 bits per heavy atom. The van der Waals surface area contributed by atoms with Crippen molar-refractivity contribution < 1.29 is 13.2 Å². The van der Waals surface area contributed by atoms with Gasteiger partial charge in [0.25, 0.3) is 0 Å². The number of rotatable bonds is 2. The molecule has 0 saturated heterocycles. The van der Waals surface area contributed by atoms with Crippen LogP contribution in [0.1, 0.15) is 11.1 Å². The van der Waals surface area contributed by atoms with Crippen molar-refractivity contribution in [3.05, 3.63) is 39.9 Å². The highest BCUT2D eigenvalue weighted by Crippen LogP contribution is 2.35. The summed E-state index contributed by atoms with van der Waals surface area (Å²) in [5.41, 5.74) is 5.02. The normalized spacial score (nSPS) is 12.3. The van der Waals surface area contributed by atoms with E-state index in [9.17, 15) is 13.2 Å². The minimum atomic E-state index is -4.34. The van der Waals surface area contributed by atoms with Gasteiger partial charge in [-0.25, -0.2) is 0 Å². The number of alkyl halides is 3. The first-order valence-electron chi connectivity index (χ1n) is 4.18. The highest BCUT2D eigenvalue weighted by atomic mass is 79.9. The molecule has 0 heterocycles. The monoisotopic (exact) mass is 279 g/mol. The molecule has 2 N–H and O–H groups in total. The molecule has 0 radical (unpaired) electrons. The van der Waals surface area contributed by atoms with Gasteiger partial charge in [-0.05, 0) is 17.7 Å². The van der Waals surface area contributed by atoms with Crippen molar-refractivity contribution >= 4 is 22.0 Å². The topological polar surface area (TPSA) is 26.0 Å². The van der Waals surface area contributed by atoms with E-state index in [2.05, 4.69) is 15.9 Å². The minimum absolute atomic E-state index is 0.0416. The Kier molecular flexibility index (Phi) is 3.93. The van der Waals surface area contributed by atoms with E-state index in [0.29, 0.717) is 12.1 Å². The van der Waals surface area contributed by atoms with Gasteiger partial charge < -0.3 is 5.73 Å². The standard InChI is InChI=1S/C10H9BrF3N/c11-9-4-3-7(2-1-5-15)6-8(9)10(12,13)14/h1-4,6H,5,15H2. The fraction of sp³-hybridized carbons (Fsp3) is 0.200. The van der Waals surface area contributed by atoms with Crippen molar-refractivity contribution in [1.82, 2.24) is 0 Å². The average Bonchev–Trinajstić information content (AvgIpc) is 2.15.